The third kappa shape index (κ3) is 5.12. The first-order valence-electron chi connectivity index (χ1n) is 9.08. The molecule has 1 fully saturated rings. The van der Waals surface area contributed by atoms with Crippen LogP contribution in [0.4, 0.5) is 4.39 Å². The maximum Gasteiger partial charge on any atom is 0.260 e. The summed E-state index contributed by atoms with van der Waals surface area (Å²) in [5.41, 5.74) is 0. The van der Waals surface area contributed by atoms with Crippen LogP contribution < -0.4 is 14.2 Å². The van der Waals surface area contributed by atoms with Crippen LogP contribution in [0.2, 0.25) is 0 Å². The van der Waals surface area contributed by atoms with Crippen molar-refractivity contribution >= 4 is 5.91 Å². The summed E-state index contributed by atoms with van der Waals surface area (Å²) >= 11 is 0. The number of hydrogen-bond donors (Lipinski definition) is 0. The number of para-hydroxylation sites is 3. The molecule has 1 heterocycles. The Balaban J connectivity index is 1.42. The number of halogens is 1. The SMILES string of the molecule is COc1ccccc1OCC(=O)N1CCC(COc2ccccc2F)CC1. The van der Waals surface area contributed by atoms with Gasteiger partial charge in [0, 0.05) is 13.1 Å². The second-order valence-corrected chi connectivity index (χ2v) is 6.51. The number of amides is 1. The molecule has 0 bridgehead atoms. The predicted octanol–water partition coefficient (Wildman–Crippen LogP) is 3.53. The average molecular weight is 373 g/mol. The third-order valence-electron chi connectivity index (χ3n) is 4.70. The molecule has 0 saturated carbocycles. The first-order chi connectivity index (χ1) is 13.2. The summed E-state index contributed by atoms with van der Waals surface area (Å²) in [6.45, 7) is 1.75. The maximum atomic E-state index is 13.6. The molecular weight excluding hydrogens is 349 g/mol. The van der Waals surface area contributed by atoms with E-state index in [1.807, 2.05) is 12.1 Å². The summed E-state index contributed by atoms with van der Waals surface area (Å²) in [7, 11) is 1.57. The van der Waals surface area contributed by atoms with Crippen LogP contribution in [0.25, 0.3) is 0 Å². The van der Waals surface area contributed by atoms with E-state index in [2.05, 4.69) is 0 Å². The van der Waals surface area contributed by atoms with Crippen LogP contribution in [0.5, 0.6) is 17.2 Å². The van der Waals surface area contributed by atoms with Crippen LogP contribution in [-0.4, -0.2) is 44.2 Å². The molecule has 2 aromatic rings. The third-order valence-corrected chi connectivity index (χ3v) is 4.70. The number of likely N-dealkylation sites (tertiary alicyclic amines) is 1. The van der Waals surface area contributed by atoms with E-state index in [0.29, 0.717) is 37.1 Å². The summed E-state index contributed by atoms with van der Waals surface area (Å²) in [6.07, 6.45) is 1.66. The Morgan fingerprint density at radius 2 is 1.63 bits per heavy atom. The monoisotopic (exact) mass is 373 g/mol. The van der Waals surface area contributed by atoms with Crippen molar-refractivity contribution in [1.29, 1.82) is 0 Å². The van der Waals surface area contributed by atoms with Gasteiger partial charge >= 0.3 is 0 Å². The van der Waals surface area contributed by atoms with Gasteiger partial charge < -0.3 is 19.1 Å². The minimum atomic E-state index is -0.349. The number of nitrogens with zero attached hydrogens (tertiary/aromatic N) is 1. The maximum absolute atomic E-state index is 13.6. The molecule has 1 aliphatic heterocycles. The van der Waals surface area contributed by atoms with E-state index in [1.165, 1.54) is 6.07 Å². The molecule has 6 heteroatoms. The van der Waals surface area contributed by atoms with Gasteiger partial charge in [0.05, 0.1) is 13.7 Å². The van der Waals surface area contributed by atoms with Crippen molar-refractivity contribution in [2.75, 3.05) is 33.4 Å². The molecule has 144 valence electrons. The number of piperidine rings is 1. The summed E-state index contributed by atoms with van der Waals surface area (Å²) in [6, 6.07) is 13.7. The summed E-state index contributed by atoms with van der Waals surface area (Å²) in [5, 5.41) is 0. The fourth-order valence-corrected chi connectivity index (χ4v) is 3.09. The number of carbonyl (C=O) groups excluding carboxylic acids is 1. The van der Waals surface area contributed by atoms with Crippen molar-refractivity contribution in [1.82, 2.24) is 4.90 Å². The van der Waals surface area contributed by atoms with Crippen LogP contribution in [-0.2, 0) is 4.79 Å². The zero-order valence-electron chi connectivity index (χ0n) is 15.4. The smallest absolute Gasteiger partial charge is 0.260 e. The van der Waals surface area contributed by atoms with Gasteiger partial charge in [0.15, 0.2) is 29.7 Å². The number of benzene rings is 2. The highest BCUT2D eigenvalue weighted by molar-refractivity contribution is 5.78. The molecule has 0 unspecified atom stereocenters. The van der Waals surface area contributed by atoms with Gasteiger partial charge in [0.25, 0.3) is 5.91 Å². The molecule has 2 aromatic carbocycles. The molecule has 0 spiro atoms. The molecular formula is C21H24FNO4. The summed E-state index contributed by atoms with van der Waals surface area (Å²) in [5.74, 6) is 1.36. The van der Waals surface area contributed by atoms with Crippen LogP contribution >= 0.6 is 0 Å². The lowest BCUT2D eigenvalue weighted by Crippen LogP contribution is -2.42. The Labute approximate surface area is 158 Å². The Kier molecular flexibility index (Phi) is 6.52. The van der Waals surface area contributed by atoms with Crippen LogP contribution in [0.1, 0.15) is 12.8 Å². The molecule has 5 nitrogen and oxygen atoms in total. The van der Waals surface area contributed by atoms with E-state index >= 15 is 0 Å². The Morgan fingerprint density at radius 3 is 2.30 bits per heavy atom. The topological polar surface area (TPSA) is 48.0 Å². The highest BCUT2D eigenvalue weighted by Gasteiger charge is 2.24. The lowest BCUT2D eigenvalue weighted by molar-refractivity contribution is -0.134. The van der Waals surface area contributed by atoms with Crippen molar-refractivity contribution in [2.24, 2.45) is 5.92 Å². The van der Waals surface area contributed by atoms with E-state index in [4.69, 9.17) is 14.2 Å². The van der Waals surface area contributed by atoms with E-state index < -0.39 is 0 Å². The highest BCUT2D eigenvalue weighted by atomic mass is 19.1. The van der Waals surface area contributed by atoms with Crippen LogP contribution in [0, 0.1) is 11.7 Å². The van der Waals surface area contributed by atoms with Crippen molar-refractivity contribution in [2.45, 2.75) is 12.8 Å². The quantitative estimate of drug-likeness (QED) is 0.745. The summed E-state index contributed by atoms with van der Waals surface area (Å²) in [4.78, 5) is 14.2. The van der Waals surface area contributed by atoms with Gasteiger partial charge in [-0.05, 0) is 43.0 Å². The molecule has 0 N–H and O–H groups in total. The van der Waals surface area contributed by atoms with Crippen molar-refractivity contribution in [3.8, 4) is 17.2 Å². The second-order valence-electron chi connectivity index (χ2n) is 6.51. The highest BCUT2D eigenvalue weighted by Crippen LogP contribution is 2.26. The molecule has 0 atom stereocenters. The summed E-state index contributed by atoms with van der Waals surface area (Å²) < 4.78 is 30.0. The first-order valence-corrected chi connectivity index (χ1v) is 9.08. The fraction of sp³-hybridized carbons (Fsp3) is 0.381. The number of carbonyl (C=O) groups is 1. The van der Waals surface area contributed by atoms with Gasteiger partial charge in [-0.2, -0.15) is 0 Å². The van der Waals surface area contributed by atoms with Crippen molar-refractivity contribution in [3.05, 3.63) is 54.3 Å². The van der Waals surface area contributed by atoms with E-state index in [1.54, 1.807) is 42.3 Å². The molecule has 0 aliphatic carbocycles. The normalized spacial score (nSPS) is 14.7. The van der Waals surface area contributed by atoms with Crippen LogP contribution in [0.3, 0.4) is 0 Å². The van der Waals surface area contributed by atoms with Gasteiger partial charge in [-0.15, -0.1) is 0 Å². The van der Waals surface area contributed by atoms with Gasteiger partial charge in [-0.1, -0.05) is 24.3 Å². The molecule has 1 amide bonds. The van der Waals surface area contributed by atoms with Gasteiger partial charge in [0.2, 0.25) is 0 Å². The molecule has 3 rings (SSSR count). The minimum Gasteiger partial charge on any atom is -0.493 e. The zero-order chi connectivity index (χ0) is 19.1. The van der Waals surface area contributed by atoms with Gasteiger partial charge in [-0.3, -0.25) is 4.79 Å². The van der Waals surface area contributed by atoms with E-state index in [0.717, 1.165) is 12.8 Å². The predicted molar refractivity (Wildman–Crippen MR) is 99.7 cm³/mol. The lowest BCUT2D eigenvalue weighted by atomic mass is 9.98. The Hall–Kier alpha value is -2.76. The molecule has 1 saturated heterocycles. The minimum absolute atomic E-state index is 0.0171. The van der Waals surface area contributed by atoms with Gasteiger partial charge in [0.1, 0.15) is 0 Å². The van der Waals surface area contributed by atoms with Crippen molar-refractivity contribution in [3.63, 3.8) is 0 Å². The zero-order valence-corrected chi connectivity index (χ0v) is 15.4. The molecule has 1 aliphatic rings. The van der Waals surface area contributed by atoms with Crippen LogP contribution in [0.15, 0.2) is 48.5 Å². The van der Waals surface area contributed by atoms with E-state index in [-0.39, 0.29) is 24.1 Å². The standard InChI is InChI=1S/C21H24FNO4/c1-25-19-8-4-5-9-20(19)27-15-21(24)23-12-10-16(11-13-23)14-26-18-7-3-2-6-17(18)22/h2-9,16H,10-15H2,1H3. The number of methoxy groups -OCH3 is 1. The first kappa shape index (κ1) is 19.0. The number of ether oxygens (including phenoxy) is 3. The molecule has 0 radical (unpaired) electrons. The number of rotatable bonds is 7. The van der Waals surface area contributed by atoms with E-state index in [9.17, 15) is 9.18 Å². The Bertz CT molecular complexity index is 759. The lowest BCUT2D eigenvalue weighted by Gasteiger charge is -2.31. The molecule has 0 aromatic heterocycles. The largest absolute Gasteiger partial charge is 0.493 e. The average Bonchev–Trinajstić information content (AvgIpc) is 2.72. The number of hydrogen-bond acceptors (Lipinski definition) is 4. The second kappa shape index (κ2) is 9.26. The Morgan fingerprint density at radius 1 is 1.00 bits per heavy atom. The molecule has 27 heavy (non-hydrogen) atoms. The van der Waals surface area contributed by atoms with Crippen molar-refractivity contribution < 1.29 is 23.4 Å². The van der Waals surface area contributed by atoms with Gasteiger partial charge in [-0.25, -0.2) is 4.39 Å². The fourth-order valence-electron chi connectivity index (χ4n) is 3.09.